The van der Waals surface area contributed by atoms with Gasteiger partial charge in [-0.3, -0.25) is 0 Å². The third-order valence-corrected chi connectivity index (χ3v) is 3.44. The summed E-state index contributed by atoms with van der Waals surface area (Å²) in [4.78, 5) is 2.29. The van der Waals surface area contributed by atoms with Crippen molar-refractivity contribution in [2.24, 2.45) is 0 Å². The Kier molecular flexibility index (Phi) is 4.36. The summed E-state index contributed by atoms with van der Waals surface area (Å²) in [6, 6.07) is 4.73. The van der Waals surface area contributed by atoms with Crippen LogP contribution in [0, 0.1) is 0 Å². The predicted molar refractivity (Wildman–Crippen MR) is 71.0 cm³/mol. The highest BCUT2D eigenvalue weighted by atomic mass is 32.2. The van der Waals surface area contributed by atoms with Crippen molar-refractivity contribution in [3.05, 3.63) is 18.2 Å². The van der Waals surface area contributed by atoms with E-state index >= 15 is 0 Å². The van der Waals surface area contributed by atoms with Crippen LogP contribution >= 0.6 is 0 Å². The smallest absolute Gasteiger partial charge is 0.175 e. The molecule has 0 saturated carbocycles. The number of nitrogen functional groups attached to an aromatic ring is 1. The zero-order chi connectivity index (χ0) is 13.1. The molecule has 5 nitrogen and oxygen atoms in total. The normalized spacial score (nSPS) is 11.8. The third-order valence-electron chi connectivity index (χ3n) is 2.33. The molecule has 0 aromatic heterocycles. The number of nitrogens with zero attached hydrogens (tertiary/aromatic N) is 1. The van der Waals surface area contributed by atoms with Gasteiger partial charge in [0.05, 0.1) is 16.3 Å². The second kappa shape index (κ2) is 5.37. The number of rotatable bonds is 5. The van der Waals surface area contributed by atoms with Gasteiger partial charge in [-0.15, -0.1) is 0 Å². The molecule has 0 aliphatic carbocycles. The van der Waals surface area contributed by atoms with E-state index in [2.05, 4.69) is 5.32 Å². The van der Waals surface area contributed by atoms with Crippen LogP contribution in [0.2, 0.25) is 0 Å². The minimum atomic E-state index is -3.19. The molecule has 0 aliphatic heterocycles. The highest BCUT2D eigenvalue weighted by Crippen LogP contribution is 2.22. The molecule has 3 N–H and O–H groups in total. The Morgan fingerprint density at radius 2 is 2.00 bits per heavy atom. The van der Waals surface area contributed by atoms with Gasteiger partial charge >= 0.3 is 0 Å². The Morgan fingerprint density at radius 1 is 1.35 bits per heavy atom. The number of sulfone groups is 1. The quantitative estimate of drug-likeness (QED) is 0.757. The Bertz CT molecular complexity index is 483. The van der Waals surface area contributed by atoms with Gasteiger partial charge in [0.1, 0.15) is 0 Å². The largest absolute Gasteiger partial charge is 0.397 e. The van der Waals surface area contributed by atoms with Gasteiger partial charge < -0.3 is 16.0 Å². The number of nitrogens with two attached hydrogens (primary N) is 1. The van der Waals surface area contributed by atoms with Crippen LogP contribution in [0.25, 0.3) is 0 Å². The van der Waals surface area contributed by atoms with E-state index in [1.54, 1.807) is 12.1 Å². The molecule has 0 amide bonds. The van der Waals surface area contributed by atoms with Crippen molar-refractivity contribution in [3.8, 4) is 0 Å². The molecule has 17 heavy (non-hydrogen) atoms. The molecule has 0 radical (unpaired) electrons. The summed E-state index contributed by atoms with van der Waals surface area (Å²) in [6.07, 6.45) is 1.17. The maximum absolute atomic E-state index is 11.3. The summed E-state index contributed by atoms with van der Waals surface area (Å²) >= 11 is 0. The molecule has 0 heterocycles. The maximum Gasteiger partial charge on any atom is 0.175 e. The van der Waals surface area contributed by atoms with Gasteiger partial charge in [0.15, 0.2) is 9.84 Å². The summed E-state index contributed by atoms with van der Waals surface area (Å²) < 4.78 is 22.6. The second-order valence-electron chi connectivity index (χ2n) is 4.25. The Balaban J connectivity index is 2.77. The third kappa shape index (κ3) is 4.24. The number of benzene rings is 1. The van der Waals surface area contributed by atoms with Crippen molar-refractivity contribution in [1.29, 1.82) is 0 Å². The topological polar surface area (TPSA) is 75.4 Å². The molecule has 1 aromatic rings. The van der Waals surface area contributed by atoms with Crippen molar-refractivity contribution < 1.29 is 8.42 Å². The lowest BCUT2D eigenvalue weighted by atomic mass is 10.2. The summed E-state index contributed by atoms with van der Waals surface area (Å²) in [5.74, 6) is 0. The number of anilines is 2. The molecule has 0 unspecified atom stereocenters. The first-order chi connectivity index (χ1) is 7.80. The lowest BCUT2D eigenvalue weighted by Crippen LogP contribution is -2.21. The van der Waals surface area contributed by atoms with Crippen LogP contribution in [-0.4, -0.2) is 46.8 Å². The molecule has 6 heteroatoms. The number of hydrogen-bond donors (Lipinski definition) is 2. The van der Waals surface area contributed by atoms with Gasteiger partial charge in [-0.05, 0) is 32.3 Å². The van der Waals surface area contributed by atoms with Crippen LogP contribution in [-0.2, 0) is 9.84 Å². The van der Waals surface area contributed by atoms with Gasteiger partial charge in [0.25, 0.3) is 0 Å². The zero-order valence-electron chi connectivity index (χ0n) is 10.4. The first-order valence-corrected chi connectivity index (χ1v) is 7.18. The molecule has 1 aromatic carbocycles. The number of nitrogens with one attached hydrogen (secondary N) is 1. The van der Waals surface area contributed by atoms with Gasteiger partial charge in [-0.1, -0.05) is 0 Å². The Morgan fingerprint density at radius 3 is 2.47 bits per heavy atom. The molecule has 0 spiro atoms. The number of hydrogen-bond acceptors (Lipinski definition) is 5. The van der Waals surface area contributed by atoms with E-state index in [0.29, 0.717) is 5.69 Å². The van der Waals surface area contributed by atoms with E-state index in [1.165, 1.54) is 12.3 Å². The molecule has 0 bridgehead atoms. The summed E-state index contributed by atoms with van der Waals surface area (Å²) in [6.45, 7) is 1.64. The zero-order valence-corrected chi connectivity index (χ0v) is 11.2. The van der Waals surface area contributed by atoms with E-state index < -0.39 is 9.84 Å². The van der Waals surface area contributed by atoms with Crippen LogP contribution in [0.15, 0.2) is 23.1 Å². The fraction of sp³-hybridized carbons (Fsp3) is 0.455. The van der Waals surface area contributed by atoms with E-state index in [9.17, 15) is 8.42 Å². The van der Waals surface area contributed by atoms with E-state index in [-0.39, 0.29) is 4.90 Å². The molecular formula is C11H19N3O2S. The Hall–Kier alpha value is -1.27. The standard InChI is InChI=1S/C11H19N3O2S/c1-14(2)7-6-13-11-5-4-9(8-10(11)12)17(3,15)16/h4-5,8,13H,6-7,12H2,1-3H3. The van der Waals surface area contributed by atoms with Crippen molar-refractivity contribution in [2.75, 3.05) is 44.5 Å². The molecular weight excluding hydrogens is 238 g/mol. The van der Waals surface area contributed by atoms with Crippen LogP contribution in [0.5, 0.6) is 0 Å². The average Bonchev–Trinajstić information content (AvgIpc) is 2.18. The predicted octanol–water partition coefficient (Wildman–Crippen LogP) is 0.646. The lowest BCUT2D eigenvalue weighted by Gasteiger charge is -2.13. The minimum Gasteiger partial charge on any atom is -0.397 e. The molecule has 1 rings (SSSR count). The van der Waals surface area contributed by atoms with Crippen molar-refractivity contribution in [1.82, 2.24) is 4.90 Å². The summed E-state index contributed by atoms with van der Waals surface area (Å²) in [5.41, 5.74) is 7.01. The van der Waals surface area contributed by atoms with E-state index in [4.69, 9.17) is 5.73 Å². The van der Waals surface area contributed by atoms with Crippen LogP contribution < -0.4 is 11.1 Å². The van der Waals surface area contributed by atoms with Gasteiger partial charge in [0, 0.05) is 19.3 Å². The van der Waals surface area contributed by atoms with Crippen molar-refractivity contribution in [3.63, 3.8) is 0 Å². The summed E-state index contributed by atoms with van der Waals surface area (Å²) in [7, 11) is 0.776. The fourth-order valence-electron chi connectivity index (χ4n) is 1.35. The van der Waals surface area contributed by atoms with Gasteiger partial charge in [0.2, 0.25) is 0 Å². The van der Waals surface area contributed by atoms with Crippen LogP contribution in [0.3, 0.4) is 0 Å². The van der Waals surface area contributed by atoms with Crippen molar-refractivity contribution >= 4 is 21.2 Å². The monoisotopic (exact) mass is 257 g/mol. The molecule has 0 aliphatic rings. The molecule has 0 atom stereocenters. The molecule has 0 fully saturated rings. The van der Waals surface area contributed by atoms with Gasteiger partial charge in [-0.25, -0.2) is 8.42 Å². The molecule has 0 saturated heterocycles. The maximum atomic E-state index is 11.3. The van der Waals surface area contributed by atoms with E-state index in [1.807, 2.05) is 19.0 Å². The SMILES string of the molecule is CN(C)CCNc1ccc(S(C)(=O)=O)cc1N. The van der Waals surface area contributed by atoms with E-state index in [0.717, 1.165) is 18.8 Å². The van der Waals surface area contributed by atoms with Gasteiger partial charge in [-0.2, -0.15) is 0 Å². The average molecular weight is 257 g/mol. The first kappa shape index (κ1) is 13.8. The highest BCUT2D eigenvalue weighted by Gasteiger charge is 2.09. The number of likely N-dealkylation sites (N-methyl/N-ethyl adjacent to an activating group) is 1. The minimum absolute atomic E-state index is 0.244. The second-order valence-corrected chi connectivity index (χ2v) is 6.27. The Labute approximate surface area is 103 Å². The fourth-order valence-corrected chi connectivity index (χ4v) is 2.00. The first-order valence-electron chi connectivity index (χ1n) is 5.29. The highest BCUT2D eigenvalue weighted by molar-refractivity contribution is 7.90. The summed E-state index contributed by atoms with van der Waals surface area (Å²) in [5, 5.41) is 3.16. The molecule has 96 valence electrons. The van der Waals surface area contributed by atoms with Crippen molar-refractivity contribution in [2.45, 2.75) is 4.90 Å². The van der Waals surface area contributed by atoms with Crippen LogP contribution in [0.1, 0.15) is 0 Å². The lowest BCUT2D eigenvalue weighted by molar-refractivity contribution is 0.425. The van der Waals surface area contributed by atoms with Crippen LogP contribution in [0.4, 0.5) is 11.4 Å².